The molecule has 0 saturated carbocycles. The number of piperazine rings is 1. The van der Waals surface area contributed by atoms with Crippen LogP contribution < -0.4 is 5.32 Å². The van der Waals surface area contributed by atoms with E-state index in [9.17, 15) is 4.79 Å². The summed E-state index contributed by atoms with van der Waals surface area (Å²) in [5, 5.41) is 3.34. The highest BCUT2D eigenvalue weighted by atomic mass is 16.1. The van der Waals surface area contributed by atoms with Gasteiger partial charge in [-0.3, -0.25) is 9.69 Å². The Morgan fingerprint density at radius 1 is 1.28 bits per heavy atom. The molecule has 1 atom stereocenters. The van der Waals surface area contributed by atoms with Gasteiger partial charge in [0.15, 0.2) is 5.78 Å². The lowest BCUT2D eigenvalue weighted by Crippen LogP contribution is -2.52. The minimum absolute atomic E-state index is 0.112. The Hall–Kier alpha value is -1.19. The van der Waals surface area contributed by atoms with Gasteiger partial charge in [0, 0.05) is 31.7 Å². The number of hydrogen-bond donors (Lipinski definition) is 1. The quantitative estimate of drug-likeness (QED) is 0.810. The average molecular weight is 244 g/mol. The van der Waals surface area contributed by atoms with Crippen LogP contribution in [0.1, 0.15) is 27.9 Å². The number of hydrogen-bond acceptors (Lipinski definition) is 3. The second-order valence-corrected chi connectivity index (χ2v) is 5.37. The number of fused-ring (bicyclic) bond motifs is 1. The van der Waals surface area contributed by atoms with Crippen molar-refractivity contribution in [3.8, 4) is 0 Å². The maximum absolute atomic E-state index is 12.6. The molecular formula is C15H20N2O. The molecule has 1 heterocycles. The fourth-order valence-electron chi connectivity index (χ4n) is 3.08. The Labute approximate surface area is 108 Å². The van der Waals surface area contributed by atoms with Gasteiger partial charge >= 0.3 is 0 Å². The Morgan fingerprint density at radius 2 is 2.06 bits per heavy atom. The molecule has 0 amide bonds. The van der Waals surface area contributed by atoms with Crippen LogP contribution in [0.4, 0.5) is 0 Å². The molecule has 3 rings (SSSR count). The summed E-state index contributed by atoms with van der Waals surface area (Å²) in [5.74, 6) is 0.335. The lowest BCUT2D eigenvalue weighted by molar-refractivity contribution is 0.0766. The molecule has 1 aliphatic carbocycles. The molecule has 0 radical (unpaired) electrons. The molecule has 2 aliphatic rings. The average Bonchev–Trinajstić information content (AvgIpc) is 2.41. The van der Waals surface area contributed by atoms with Crippen molar-refractivity contribution in [3.05, 3.63) is 34.9 Å². The molecule has 1 aliphatic heterocycles. The summed E-state index contributed by atoms with van der Waals surface area (Å²) in [5.41, 5.74) is 3.38. The SMILES string of the molecule is Cc1ccc2c(c1)C(=O)C(N1CCNCC1)CC2. The lowest BCUT2D eigenvalue weighted by Gasteiger charge is -2.36. The summed E-state index contributed by atoms with van der Waals surface area (Å²) in [6.45, 7) is 6.06. The van der Waals surface area contributed by atoms with Gasteiger partial charge in [-0.1, -0.05) is 17.7 Å². The highest BCUT2D eigenvalue weighted by molar-refractivity contribution is 6.02. The van der Waals surface area contributed by atoms with Crippen LogP contribution in [0.5, 0.6) is 0 Å². The smallest absolute Gasteiger partial charge is 0.180 e. The molecule has 18 heavy (non-hydrogen) atoms. The van der Waals surface area contributed by atoms with E-state index in [1.165, 1.54) is 11.1 Å². The Morgan fingerprint density at radius 3 is 2.83 bits per heavy atom. The summed E-state index contributed by atoms with van der Waals surface area (Å²) in [7, 11) is 0. The number of aryl methyl sites for hydroxylation is 2. The van der Waals surface area contributed by atoms with Crippen molar-refractivity contribution in [1.29, 1.82) is 0 Å². The fourth-order valence-corrected chi connectivity index (χ4v) is 3.08. The molecule has 96 valence electrons. The standard InChI is InChI=1S/C15H20N2O/c1-11-2-3-12-4-5-14(15(18)13(12)10-11)17-8-6-16-7-9-17/h2-3,10,14,16H,4-9H2,1H3. The van der Waals surface area contributed by atoms with Crippen molar-refractivity contribution in [2.45, 2.75) is 25.8 Å². The van der Waals surface area contributed by atoms with Crippen LogP contribution in [0.2, 0.25) is 0 Å². The third-order valence-electron chi connectivity index (χ3n) is 4.11. The van der Waals surface area contributed by atoms with Crippen molar-refractivity contribution in [1.82, 2.24) is 10.2 Å². The van der Waals surface area contributed by atoms with Gasteiger partial charge in [0.25, 0.3) is 0 Å². The zero-order chi connectivity index (χ0) is 12.5. The molecule has 1 saturated heterocycles. The molecule has 1 aromatic carbocycles. The van der Waals surface area contributed by atoms with E-state index in [1.54, 1.807) is 0 Å². The Balaban J connectivity index is 1.86. The zero-order valence-corrected chi connectivity index (χ0v) is 10.9. The molecule has 1 aromatic rings. The number of nitrogens with one attached hydrogen (secondary N) is 1. The monoisotopic (exact) mass is 244 g/mol. The number of benzene rings is 1. The van der Waals surface area contributed by atoms with E-state index in [-0.39, 0.29) is 6.04 Å². The van der Waals surface area contributed by atoms with Crippen molar-refractivity contribution in [2.75, 3.05) is 26.2 Å². The normalized spacial score (nSPS) is 24.9. The van der Waals surface area contributed by atoms with E-state index < -0.39 is 0 Å². The molecule has 0 bridgehead atoms. The van der Waals surface area contributed by atoms with Crippen LogP contribution in [0.3, 0.4) is 0 Å². The summed E-state index contributed by atoms with van der Waals surface area (Å²) in [6.07, 6.45) is 2.02. The molecule has 1 N–H and O–H groups in total. The van der Waals surface area contributed by atoms with Gasteiger partial charge in [0.1, 0.15) is 0 Å². The van der Waals surface area contributed by atoms with E-state index in [0.717, 1.165) is 44.6 Å². The highest BCUT2D eigenvalue weighted by Gasteiger charge is 2.32. The predicted molar refractivity (Wildman–Crippen MR) is 72.1 cm³/mol. The second kappa shape index (κ2) is 4.82. The van der Waals surface area contributed by atoms with Gasteiger partial charge in [-0.05, 0) is 31.4 Å². The van der Waals surface area contributed by atoms with E-state index in [2.05, 4.69) is 35.3 Å². The first-order valence-electron chi connectivity index (χ1n) is 6.84. The Bertz CT molecular complexity index is 464. The number of ketones is 1. The summed E-state index contributed by atoms with van der Waals surface area (Å²) in [6, 6.07) is 6.40. The number of carbonyl (C=O) groups excluding carboxylic acids is 1. The van der Waals surface area contributed by atoms with Gasteiger partial charge < -0.3 is 5.32 Å². The largest absolute Gasteiger partial charge is 0.314 e. The van der Waals surface area contributed by atoms with Crippen LogP contribution in [0.15, 0.2) is 18.2 Å². The van der Waals surface area contributed by atoms with E-state index in [4.69, 9.17) is 0 Å². The number of rotatable bonds is 1. The van der Waals surface area contributed by atoms with Gasteiger partial charge in [-0.2, -0.15) is 0 Å². The zero-order valence-electron chi connectivity index (χ0n) is 10.9. The van der Waals surface area contributed by atoms with E-state index in [0.29, 0.717) is 5.78 Å². The molecular weight excluding hydrogens is 224 g/mol. The maximum atomic E-state index is 12.6. The summed E-state index contributed by atoms with van der Waals surface area (Å²) >= 11 is 0. The van der Waals surface area contributed by atoms with Crippen molar-refractivity contribution >= 4 is 5.78 Å². The van der Waals surface area contributed by atoms with Crippen LogP contribution in [0.25, 0.3) is 0 Å². The highest BCUT2D eigenvalue weighted by Crippen LogP contribution is 2.25. The first-order valence-corrected chi connectivity index (χ1v) is 6.84. The third-order valence-corrected chi connectivity index (χ3v) is 4.11. The minimum Gasteiger partial charge on any atom is -0.314 e. The van der Waals surface area contributed by atoms with Crippen molar-refractivity contribution in [3.63, 3.8) is 0 Å². The molecule has 0 spiro atoms. The number of carbonyl (C=O) groups is 1. The summed E-state index contributed by atoms with van der Waals surface area (Å²) < 4.78 is 0. The Kier molecular flexibility index (Phi) is 3.18. The van der Waals surface area contributed by atoms with Gasteiger partial charge in [-0.25, -0.2) is 0 Å². The van der Waals surface area contributed by atoms with Crippen molar-refractivity contribution in [2.24, 2.45) is 0 Å². The minimum atomic E-state index is 0.112. The molecule has 1 fully saturated rings. The lowest BCUT2D eigenvalue weighted by atomic mass is 9.85. The summed E-state index contributed by atoms with van der Waals surface area (Å²) in [4.78, 5) is 15.0. The number of nitrogens with zero attached hydrogens (tertiary/aromatic N) is 1. The molecule has 0 aromatic heterocycles. The fraction of sp³-hybridized carbons (Fsp3) is 0.533. The van der Waals surface area contributed by atoms with Gasteiger partial charge in [-0.15, -0.1) is 0 Å². The first kappa shape index (κ1) is 11.9. The van der Waals surface area contributed by atoms with E-state index in [1.807, 2.05) is 0 Å². The topological polar surface area (TPSA) is 32.3 Å². The van der Waals surface area contributed by atoms with Crippen LogP contribution >= 0.6 is 0 Å². The van der Waals surface area contributed by atoms with Crippen LogP contribution in [-0.4, -0.2) is 42.9 Å². The molecule has 3 nitrogen and oxygen atoms in total. The molecule has 3 heteroatoms. The number of Topliss-reactive ketones (excluding diaryl/α,β-unsaturated/α-hetero) is 1. The van der Waals surface area contributed by atoms with Crippen molar-refractivity contribution < 1.29 is 4.79 Å². The van der Waals surface area contributed by atoms with E-state index >= 15 is 0 Å². The van der Waals surface area contributed by atoms with Crippen LogP contribution in [-0.2, 0) is 6.42 Å². The van der Waals surface area contributed by atoms with Crippen LogP contribution in [0, 0.1) is 6.92 Å². The third kappa shape index (κ3) is 2.08. The van der Waals surface area contributed by atoms with Gasteiger partial charge in [0.05, 0.1) is 6.04 Å². The second-order valence-electron chi connectivity index (χ2n) is 5.37. The first-order chi connectivity index (χ1) is 8.75. The predicted octanol–water partition coefficient (Wildman–Crippen LogP) is 1.40. The van der Waals surface area contributed by atoms with Gasteiger partial charge in [0.2, 0.25) is 0 Å². The maximum Gasteiger partial charge on any atom is 0.180 e. The molecule has 1 unspecified atom stereocenters.